The van der Waals surface area contributed by atoms with Crippen LogP contribution in [0.15, 0.2) is 18.3 Å². The van der Waals surface area contributed by atoms with Gasteiger partial charge in [0.25, 0.3) is 0 Å². The Labute approximate surface area is 140 Å². The highest BCUT2D eigenvalue weighted by atomic mass is 35.5. The van der Waals surface area contributed by atoms with E-state index in [9.17, 15) is 18.7 Å². The minimum Gasteiger partial charge on any atom is -0.477 e. The van der Waals surface area contributed by atoms with E-state index in [1.807, 2.05) is 0 Å². The van der Waals surface area contributed by atoms with Gasteiger partial charge in [0, 0.05) is 18.2 Å². The number of benzene rings is 1. The Hall–Kier alpha value is -2.19. The second-order valence-corrected chi connectivity index (χ2v) is 5.69. The lowest BCUT2D eigenvalue weighted by Gasteiger charge is -2.24. The van der Waals surface area contributed by atoms with Crippen LogP contribution in [0.25, 0.3) is 0 Å². The van der Waals surface area contributed by atoms with Crippen LogP contribution in [0.4, 0.5) is 8.78 Å². The molecular weight excluding hydrogens is 346 g/mol. The van der Waals surface area contributed by atoms with Crippen molar-refractivity contribution in [2.75, 3.05) is 13.2 Å². The van der Waals surface area contributed by atoms with Gasteiger partial charge in [-0.05, 0) is 25.0 Å². The molecule has 0 radical (unpaired) electrons. The van der Waals surface area contributed by atoms with E-state index in [0.717, 1.165) is 18.3 Å². The zero-order chi connectivity index (χ0) is 17.3. The fourth-order valence-electron chi connectivity index (χ4n) is 2.51. The van der Waals surface area contributed by atoms with E-state index in [1.54, 1.807) is 0 Å². The molecule has 0 atom stereocenters. The van der Waals surface area contributed by atoms with E-state index in [1.165, 1.54) is 4.68 Å². The molecule has 0 aliphatic carbocycles. The lowest BCUT2D eigenvalue weighted by atomic mass is 10.1. The van der Waals surface area contributed by atoms with Gasteiger partial charge in [-0.2, -0.15) is 5.10 Å². The number of nitrogens with zero attached hydrogens (tertiary/aromatic N) is 2. The third-order valence-electron chi connectivity index (χ3n) is 3.68. The summed E-state index contributed by atoms with van der Waals surface area (Å²) in [7, 11) is 0. The molecule has 0 saturated carbocycles. The van der Waals surface area contributed by atoms with Gasteiger partial charge in [-0.1, -0.05) is 11.6 Å². The van der Waals surface area contributed by atoms with Gasteiger partial charge < -0.3 is 14.6 Å². The zero-order valence-electron chi connectivity index (χ0n) is 12.3. The van der Waals surface area contributed by atoms with Crippen LogP contribution in [-0.4, -0.2) is 34.1 Å². The topological polar surface area (TPSA) is 73.6 Å². The standard InChI is InChI=1S/C15H13ClF2N2O4/c16-8-5-11(17)13(12(18)6-8)24-14-10(15(21)22)7-19-20(14)9-1-3-23-4-2-9/h5-7,9H,1-4H2,(H,21,22). The lowest BCUT2D eigenvalue weighted by Crippen LogP contribution is -2.21. The predicted molar refractivity (Wildman–Crippen MR) is 79.7 cm³/mol. The van der Waals surface area contributed by atoms with Crippen LogP contribution >= 0.6 is 11.6 Å². The molecule has 0 spiro atoms. The fraction of sp³-hybridized carbons (Fsp3) is 0.333. The smallest absolute Gasteiger partial charge is 0.342 e. The van der Waals surface area contributed by atoms with Gasteiger partial charge in [-0.3, -0.25) is 0 Å². The van der Waals surface area contributed by atoms with Crippen molar-refractivity contribution >= 4 is 17.6 Å². The molecule has 1 fully saturated rings. The van der Waals surface area contributed by atoms with Crippen molar-refractivity contribution in [1.82, 2.24) is 9.78 Å². The molecule has 2 aromatic rings. The average molecular weight is 359 g/mol. The Bertz CT molecular complexity index is 752. The molecule has 128 valence electrons. The van der Waals surface area contributed by atoms with E-state index in [4.69, 9.17) is 21.1 Å². The first-order valence-electron chi connectivity index (χ1n) is 7.18. The maximum Gasteiger partial charge on any atom is 0.342 e. The first kappa shape index (κ1) is 16.7. The molecule has 1 saturated heterocycles. The fourth-order valence-corrected chi connectivity index (χ4v) is 2.70. The summed E-state index contributed by atoms with van der Waals surface area (Å²) in [6, 6.07) is 1.59. The molecule has 1 aromatic carbocycles. The highest BCUT2D eigenvalue weighted by molar-refractivity contribution is 6.30. The number of aromatic carboxylic acids is 1. The van der Waals surface area contributed by atoms with Gasteiger partial charge in [0.2, 0.25) is 11.6 Å². The van der Waals surface area contributed by atoms with Crippen LogP contribution in [-0.2, 0) is 4.74 Å². The molecule has 0 bridgehead atoms. The first-order valence-corrected chi connectivity index (χ1v) is 7.56. The van der Waals surface area contributed by atoms with Crippen molar-refractivity contribution in [1.29, 1.82) is 0 Å². The Morgan fingerprint density at radius 3 is 2.54 bits per heavy atom. The normalized spacial score (nSPS) is 15.5. The summed E-state index contributed by atoms with van der Waals surface area (Å²) in [4.78, 5) is 11.4. The molecule has 6 nitrogen and oxygen atoms in total. The summed E-state index contributed by atoms with van der Waals surface area (Å²) in [5.41, 5.74) is -0.282. The van der Waals surface area contributed by atoms with Crippen LogP contribution < -0.4 is 4.74 Å². The molecule has 1 aliphatic heterocycles. The second kappa shape index (κ2) is 6.74. The molecule has 9 heteroatoms. The molecule has 2 heterocycles. The number of carboxylic acid groups (broad SMARTS) is 1. The number of rotatable bonds is 4. The zero-order valence-corrected chi connectivity index (χ0v) is 13.1. The first-order chi connectivity index (χ1) is 11.5. The second-order valence-electron chi connectivity index (χ2n) is 5.26. The molecule has 3 rings (SSSR count). The van der Waals surface area contributed by atoms with E-state index >= 15 is 0 Å². The van der Waals surface area contributed by atoms with Gasteiger partial charge in [-0.25, -0.2) is 18.3 Å². The van der Waals surface area contributed by atoms with E-state index in [2.05, 4.69) is 5.10 Å². The summed E-state index contributed by atoms with van der Waals surface area (Å²) in [5.74, 6) is -4.32. The molecular formula is C15H13ClF2N2O4. The number of hydrogen-bond acceptors (Lipinski definition) is 4. The van der Waals surface area contributed by atoms with Crippen LogP contribution in [0.3, 0.4) is 0 Å². The van der Waals surface area contributed by atoms with Crippen LogP contribution in [0.1, 0.15) is 29.2 Å². The maximum absolute atomic E-state index is 14.0. The number of carboxylic acids is 1. The number of hydrogen-bond donors (Lipinski definition) is 1. The van der Waals surface area contributed by atoms with Crippen molar-refractivity contribution in [3.05, 3.63) is 40.6 Å². The van der Waals surface area contributed by atoms with Gasteiger partial charge in [0.1, 0.15) is 5.56 Å². The van der Waals surface area contributed by atoms with E-state index < -0.39 is 23.4 Å². The maximum atomic E-state index is 14.0. The summed E-state index contributed by atoms with van der Waals surface area (Å²) < 4.78 is 39.8. The Morgan fingerprint density at radius 2 is 1.96 bits per heavy atom. The van der Waals surface area contributed by atoms with Crippen molar-refractivity contribution in [2.24, 2.45) is 0 Å². The Kier molecular flexibility index (Phi) is 4.68. The van der Waals surface area contributed by atoms with Crippen molar-refractivity contribution < 1.29 is 28.2 Å². The molecule has 0 unspecified atom stereocenters. The van der Waals surface area contributed by atoms with Crippen molar-refractivity contribution in [3.63, 3.8) is 0 Å². The van der Waals surface area contributed by atoms with E-state index in [0.29, 0.717) is 26.1 Å². The molecule has 24 heavy (non-hydrogen) atoms. The number of carbonyl (C=O) groups is 1. The monoisotopic (exact) mass is 358 g/mol. The highest BCUT2D eigenvalue weighted by Crippen LogP contribution is 2.35. The summed E-state index contributed by atoms with van der Waals surface area (Å²) in [6.07, 6.45) is 2.27. The Morgan fingerprint density at radius 1 is 1.33 bits per heavy atom. The largest absolute Gasteiger partial charge is 0.477 e. The minimum atomic E-state index is -1.31. The van der Waals surface area contributed by atoms with E-state index in [-0.39, 0.29) is 22.5 Å². The molecule has 1 aromatic heterocycles. The molecule has 1 N–H and O–H groups in total. The van der Waals surface area contributed by atoms with Crippen LogP contribution in [0.5, 0.6) is 11.6 Å². The number of ether oxygens (including phenoxy) is 2. The van der Waals surface area contributed by atoms with Gasteiger partial charge in [0.05, 0.1) is 12.2 Å². The molecule has 1 aliphatic rings. The van der Waals surface area contributed by atoms with Gasteiger partial charge in [-0.15, -0.1) is 0 Å². The number of aromatic nitrogens is 2. The van der Waals surface area contributed by atoms with Gasteiger partial charge >= 0.3 is 5.97 Å². The summed E-state index contributed by atoms with van der Waals surface area (Å²) >= 11 is 5.58. The lowest BCUT2D eigenvalue weighted by molar-refractivity contribution is 0.0635. The SMILES string of the molecule is O=C(O)c1cnn(C2CCOCC2)c1Oc1c(F)cc(Cl)cc1F. The highest BCUT2D eigenvalue weighted by Gasteiger charge is 2.27. The summed E-state index contributed by atoms with van der Waals surface area (Å²) in [6.45, 7) is 0.964. The van der Waals surface area contributed by atoms with Crippen LogP contribution in [0.2, 0.25) is 5.02 Å². The van der Waals surface area contributed by atoms with Crippen molar-refractivity contribution in [3.8, 4) is 11.6 Å². The Balaban J connectivity index is 2.02. The van der Waals surface area contributed by atoms with Crippen LogP contribution in [0, 0.1) is 11.6 Å². The molecule has 0 amide bonds. The predicted octanol–water partition coefficient (Wildman–Crippen LogP) is 3.66. The third-order valence-corrected chi connectivity index (χ3v) is 3.90. The average Bonchev–Trinajstić information content (AvgIpc) is 2.95. The summed E-state index contributed by atoms with van der Waals surface area (Å²) in [5, 5.41) is 13.2. The third kappa shape index (κ3) is 3.20. The number of halogens is 3. The van der Waals surface area contributed by atoms with Gasteiger partial charge in [0.15, 0.2) is 11.6 Å². The minimum absolute atomic E-state index is 0.131. The quantitative estimate of drug-likeness (QED) is 0.903. The van der Waals surface area contributed by atoms with Crippen molar-refractivity contribution in [2.45, 2.75) is 18.9 Å².